The third-order valence-electron chi connectivity index (χ3n) is 3.89. The number of benzene rings is 2. The Morgan fingerprint density at radius 2 is 1.81 bits per heavy atom. The second-order valence-electron chi connectivity index (χ2n) is 6.01. The molecule has 2 aromatic carbocycles. The number of rotatable bonds is 6. The average Bonchev–Trinajstić information content (AvgIpc) is 3.11. The minimum atomic E-state index is -0.339. The van der Waals surface area contributed by atoms with Crippen molar-refractivity contribution >= 4 is 28.1 Å². The largest absolute Gasteiger partial charge is 0.483 e. The van der Waals surface area contributed by atoms with E-state index in [0.29, 0.717) is 5.76 Å². The number of furan rings is 1. The van der Waals surface area contributed by atoms with Gasteiger partial charge in [-0.25, -0.2) is 5.43 Å². The molecule has 138 valence electrons. The molecule has 0 aliphatic rings. The summed E-state index contributed by atoms with van der Waals surface area (Å²) in [6.07, 6.45) is 1.46. The summed E-state index contributed by atoms with van der Waals surface area (Å²) in [5, 5.41) is 3.91. The molecule has 1 amide bonds. The predicted octanol–water partition coefficient (Wildman–Crippen LogP) is 4.86. The van der Waals surface area contributed by atoms with Crippen molar-refractivity contribution in [2.75, 3.05) is 6.61 Å². The highest BCUT2D eigenvalue weighted by atomic mass is 79.9. The third-order valence-corrected chi connectivity index (χ3v) is 4.42. The zero-order chi connectivity index (χ0) is 19.2. The molecule has 27 heavy (non-hydrogen) atoms. The van der Waals surface area contributed by atoms with Gasteiger partial charge in [-0.2, -0.15) is 5.10 Å². The van der Waals surface area contributed by atoms with Gasteiger partial charge < -0.3 is 9.15 Å². The molecule has 3 aromatic rings. The van der Waals surface area contributed by atoms with Gasteiger partial charge in [-0.05, 0) is 49.2 Å². The van der Waals surface area contributed by atoms with E-state index < -0.39 is 0 Å². The number of para-hydroxylation sites is 1. The molecule has 0 fully saturated rings. The van der Waals surface area contributed by atoms with Crippen LogP contribution in [-0.2, 0) is 4.79 Å². The van der Waals surface area contributed by atoms with Crippen LogP contribution >= 0.6 is 15.9 Å². The van der Waals surface area contributed by atoms with Gasteiger partial charge in [0.05, 0.1) is 6.21 Å². The van der Waals surface area contributed by atoms with E-state index in [9.17, 15) is 4.79 Å². The first-order valence-electron chi connectivity index (χ1n) is 8.39. The van der Waals surface area contributed by atoms with Gasteiger partial charge in [0.15, 0.2) is 6.61 Å². The summed E-state index contributed by atoms with van der Waals surface area (Å²) in [7, 11) is 0. The molecule has 6 heteroatoms. The van der Waals surface area contributed by atoms with Gasteiger partial charge in [0.2, 0.25) is 0 Å². The summed E-state index contributed by atoms with van der Waals surface area (Å²) < 4.78 is 12.3. The molecule has 0 spiro atoms. The van der Waals surface area contributed by atoms with Gasteiger partial charge in [0.25, 0.3) is 5.91 Å². The van der Waals surface area contributed by atoms with Crippen molar-refractivity contribution in [1.29, 1.82) is 0 Å². The number of nitrogens with zero attached hydrogens (tertiary/aromatic N) is 1. The number of carbonyl (C=O) groups excluding carboxylic acids is 1. The van der Waals surface area contributed by atoms with Gasteiger partial charge in [-0.1, -0.05) is 46.3 Å². The summed E-state index contributed by atoms with van der Waals surface area (Å²) in [4.78, 5) is 11.9. The highest BCUT2D eigenvalue weighted by Crippen LogP contribution is 2.23. The van der Waals surface area contributed by atoms with Crippen molar-refractivity contribution in [3.8, 4) is 17.1 Å². The van der Waals surface area contributed by atoms with Crippen LogP contribution in [0.2, 0.25) is 0 Å². The second-order valence-corrected chi connectivity index (χ2v) is 6.93. The number of aryl methyl sites for hydroxylation is 2. The number of nitrogens with one attached hydrogen (secondary N) is 1. The molecule has 0 bridgehead atoms. The molecule has 3 rings (SSSR count). The Labute approximate surface area is 166 Å². The van der Waals surface area contributed by atoms with Crippen LogP contribution in [0.1, 0.15) is 16.9 Å². The molecular weight excluding hydrogens is 408 g/mol. The number of carbonyl (C=O) groups is 1. The molecular formula is C21H19BrN2O3. The van der Waals surface area contributed by atoms with Crippen LogP contribution in [0.25, 0.3) is 11.3 Å². The number of hydrazone groups is 1. The standard InChI is InChI=1S/C21H19BrN2O3/c1-14-4-3-5-15(2)21(14)26-13-20(25)24-23-12-18-10-11-19(27-18)16-6-8-17(22)9-7-16/h3-12H,13H2,1-2H3,(H,24,25)/b23-12-. The summed E-state index contributed by atoms with van der Waals surface area (Å²) >= 11 is 3.40. The number of hydrogen-bond donors (Lipinski definition) is 1. The van der Waals surface area contributed by atoms with Crippen LogP contribution in [0.4, 0.5) is 0 Å². The van der Waals surface area contributed by atoms with Crippen LogP contribution in [0, 0.1) is 13.8 Å². The Morgan fingerprint density at radius 1 is 1.11 bits per heavy atom. The summed E-state index contributed by atoms with van der Waals surface area (Å²) in [5.41, 5.74) is 5.37. The monoisotopic (exact) mass is 426 g/mol. The minimum Gasteiger partial charge on any atom is -0.483 e. The van der Waals surface area contributed by atoms with E-state index in [1.165, 1.54) is 6.21 Å². The molecule has 0 unspecified atom stereocenters. The van der Waals surface area contributed by atoms with Crippen molar-refractivity contribution in [1.82, 2.24) is 5.43 Å². The molecule has 0 aliphatic carbocycles. The Hall–Kier alpha value is -2.86. The first-order valence-corrected chi connectivity index (χ1v) is 9.19. The van der Waals surface area contributed by atoms with Gasteiger partial charge in [-0.3, -0.25) is 4.79 Å². The maximum atomic E-state index is 11.9. The number of hydrogen-bond acceptors (Lipinski definition) is 4. The fourth-order valence-corrected chi connectivity index (χ4v) is 2.82. The summed E-state index contributed by atoms with van der Waals surface area (Å²) in [6.45, 7) is 3.78. The lowest BCUT2D eigenvalue weighted by molar-refractivity contribution is -0.123. The van der Waals surface area contributed by atoms with E-state index in [1.807, 2.05) is 62.4 Å². The van der Waals surface area contributed by atoms with Crippen molar-refractivity contribution < 1.29 is 13.9 Å². The van der Waals surface area contributed by atoms with Crippen molar-refractivity contribution in [2.45, 2.75) is 13.8 Å². The first-order chi connectivity index (χ1) is 13.0. The smallest absolute Gasteiger partial charge is 0.277 e. The highest BCUT2D eigenvalue weighted by molar-refractivity contribution is 9.10. The van der Waals surface area contributed by atoms with E-state index in [-0.39, 0.29) is 12.5 Å². The van der Waals surface area contributed by atoms with E-state index in [1.54, 1.807) is 6.07 Å². The van der Waals surface area contributed by atoms with E-state index in [0.717, 1.165) is 32.7 Å². The van der Waals surface area contributed by atoms with Crippen molar-refractivity contribution in [2.24, 2.45) is 5.10 Å². The fraction of sp³-hybridized carbons (Fsp3) is 0.143. The normalized spacial score (nSPS) is 10.9. The lowest BCUT2D eigenvalue weighted by atomic mass is 10.1. The lowest BCUT2D eigenvalue weighted by Crippen LogP contribution is -2.24. The zero-order valence-electron chi connectivity index (χ0n) is 15.0. The first kappa shape index (κ1) is 18.9. The zero-order valence-corrected chi connectivity index (χ0v) is 16.6. The van der Waals surface area contributed by atoms with Gasteiger partial charge in [-0.15, -0.1) is 0 Å². The molecule has 0 radical (unpaired) electrons. The topological polar surface area (TPSA) is 63.8 Å². The lowest BCUT2D eigenvalue weighted by Gasteiger charge is -2.10. The van der Waals surface area contributed by atoms with Crippen LogP contribution in [0.5, 0.6) is 5.75 Å². The third kappa shape index (κ3) is 5.08. The molecule has 1 N–H and O–H groups in total. The van der Waals surface area contributed by atoms with Crippen LogP contribution in [0.3, 0.4) is 0 Å². The number of halogens is 1. The molecule has 1 aromatic heterocycles. The van der Waals surface area contributed by atoms with Gasteiger partial charge in [0.1, 0.15) is 17.3 Å². The summed E-state index contributed by atoms with van der Waals surface area (Å²) in [6, 6.07) is 17.3. The van der Waals surface area contributed by atoms with Gasteiger partial charge in [0, 0.05) is 10.0 Å². The molecule has 0 saturated carbocycles. The molecule has 0 atom stereocenters. The van der Waals surface area contributed by atoms with Crippen molar-refractivity contribution in [3.05, 3.63) is 76.0 Å². The molecule has 1 heterocycles. The predicted molar refractivity (Wildman–Crippen MR) is 109 cm³/mol. The van der Waals surface area contributed by atoms with E-state index in [2.05, 4.69) is 26.5 Å². The Kier molecular flexibility index (Phi) is 6.08. The maximum absolute atomic E-state index is 11.9. The summed E-state index contributed by atoms with van der Waals surface area (Å²) in [5.74, 6) is 1.66. The second kappa shape index (κ2) is 8.68. The fourth-order valence-electron chi connectivity index (χ4n) is 2.56. The minimum absolute atomic E-state index is 0.106. The highest BCUT2D eigenvalue weighted by Gasteiger charge is 2.07. The molecule has 5 nitrogen and oxygen atoms in total. The van der Waals surface area contributed by atoms with E-state index in [4.69, 9.17) is 9.15 Å². The maximum Gasteiger partial charge on any atom is 0.277 e. The Morgan fingerprint density at radius 3 is 2.52 bits per heavy atom. The Bertz CT molecular complexity index is 942. The van der Waals surface area contributed by atoms with Crippen molar-refractivity contribution in [3.63, 3.8) is 0 Å². The molecule has 0 saturated heterocycles. The van der Waals surface area contributed by atoms with Crippen LogP contribution < -0.4 is 10.2 Å². The quantitative estimate of drug-likeness (QED) is 0.452. The number of ether oxygens (including phenoxy) is 1. The Balaban J connectivity index is 1.53. The van der Waals surface area contributed by atoms with Crippen LogP contribution in [-0.4, -0.2) is 18.7 Å². The van der Waals surface area contributed by atoms with Gasteiger partial charge >= 0.3 is 0 Å². The average molecular weight is 427 g/mol. The molecule has 0 aliphatic heterocycles. The SMILES string of the molecule is Cc1cccc(C)c1OCC(=O)N/N=C\c1ccc(-c2ccc(Br)cc2)o1. The van der Waals surface area contributed by atoms with E-state index >= 15 is 0 Å². The number of amides is 1. The van der Waals surface area contributed by atoms with Crippen LogP contribution in [0.15, 0.2) is 68.6 Å².